The highest BCUT2D eigenvalue weighted by atomic mass is 32.2. The number of hydrogen-bond donors (Lipinski definition) is 1. The highest BCUT2D eigenvalue weighted by molar-refractivity contribution is 7.89. The fourth-order valence-electron chi connectivity index (χ4n) is 3.42. The highest BCUT2D eigenvalue weighted by Gasteiger charge is 2.32. The number of hydrogen-bond acceptors (Lipinski definition) is 4. The molecular weight excluding hydrogens is 328 g/mol. The number of imidazole rings is 1. The first kappa shape index (κ1) is 17.2. The number of nitrogens with zero attached hydrogens (tertiary/aromatic N) is 3. The topological polar surface area (TPSA) is 90.3 Å². The van der Waals surface area contributed by atoms with Crippen LogP contribution in [0.3, 0.4) is 0 Å². The van der Waals surface area contributed by atoms with Crippen molar-refractivity contribution in [3.8, 4) is 0 Å². The van der Waals surface area contributed by atoms with Crippen molar-refractivity contribution in [3.05, 3.63) is 28.7 Å². The second kappa shape index (κ2) is 6.02. The summed E-state index contributed by atoms with van der Waals surface area (Å²) in [6, 6.07) is 4.82. The lowest BCUT2D eigenvalue weighted by molar-refractivity contribution is 0.243. The number of rotatable bonds is 3. The first-order chi connectivity index (χ1) is 11.2. The van der Waals surface area contributed by atoms with Crippen LogP contribution in [-0.4, -0.2) is 41.0 Å². The molecule has 0 spiro atoms. The lowest BCUT2D eigenvalue weighted by Gasteiger charge is -2.33. The number of fused-ring (bicyclic) bond motifs is 1. The number of benzene rings is 1. The van der Waals surface area contributed by atoms with Crippen LogP contribution in [-0.2, 0) is 24.1 Å². The molecule has 0 bridgehead atoms. The van der Waals surface area contributed by atoms with Crippen molar-refractivity contribution in [2.24, 2.45) is 25.7 Å². The standard InChI is InChI=1S/C16H24N4O3S/c1-11(17)12-5-4-8-20(10-12)24(22,23)13-6-7-14-15(9-13)19(3)16(21)18(14)2/h6-7,9,11-12H,4-5,8,10,17H2,1-3H3. The molecule has 2 atom stereocenters. The van der Waals surface area contributed by atoms with E-state index in [-0.39, 0.29) is 22.5 Å². The number of aromatic nitrogens is 2. The lowest BCUT2D eigenvalue weighted by Crippen LogP contribution is -2.44. The molecule has 0 aliphatic carbocycles. The van der Waals surface area contributed by atoms with Gasteiger partial charge in [0.05, 0.1) is 15.9 Å². The van der Waals surface area contributed by atoms with Crippen molar-refractivity contribution >= 4 is 21.1 Å². The molecular formula is C16H24N4O3S. The van der Waals surface area contributed by atoms with Crippen molar-refractivity contribution in [2.75, 3.05) is 13.1 Å². The second-order valence-corrected chi connectivity index (χ2v) is 8.61. The fraction of sp³-hybridized carbons (Fsp3) is 0.562. The normalized spacial score (nSPS) is 21.2. The third-order valence-electron chi connectivity index (χ3n) is 5.05. The van der Waals surface area contributed by atoms with Gasteiger partial charge in [0.25, 0.3) is 0 Å². The predicted molar refractivity (Wildman–Crippen MR) is 93.3 cm³/mol. The van der Waals surface area contributed by atoms with E-state index in [1.807, 2.05) is 6.92 Å². The van der Waals surface area contributed by atoms with Crippen molar-refractivity contribution in [1.82, 2.24) is 13.4 Å². The zero-order chi connectivity index (χ0) is 17.6. The molecule has 2 aromatic rings. The van der Waals surface area contributed by atoms with Crippen LogP contribution < -0.4 is 11.4 Å². The molecule has 1 aliphatic heterocycles. The van der Waals surface area contributed by atoms with Crippen LogP contribution in [0.15, 0.2) is 27.9 Å². The molecule has 0 amide bonds. The summed E-state index contributed by atoms with van der Waals surface area (Å²) in [5.41, 5.74) is 7.12. The van der Waals surface area contributed by atoms with Gasteiger partial charge in [-0.05, 0) is 43.9 Å². The van der Waals surface area contributed by atoms with E-state index in [1.165, 1.54) is 13.4 Å². The Labute approximate surface area is 141 Å². The van der Waals surface area contributed by atoms with Crippen molar-refractivity contribution in [1.29, 1.82) is 0 Å². The Kier molecular flexibility index (Phi) is 4.31. The summed E-state index contributed by atoms with van der Waals surface area (Å²) in [6.45, 7) is 2.88. The first-order valence-corrected chi connectivity index (χ1v) is 9.58. The Morgan fingerprint density at radius 2 is 1.88 bits per heavy atom. The van der Waals surface area contributed by atoms with E-state index in [1.54, 1.807) is 32.3 Å². The Morgan fingerprint density at radius 3 is 2.54 bits per heavy atom. The van der Waals surface area contributed by atoms with Crippen LogP contribution in [0.2, 0.25) is 0 Å². The molecule has 2 N–H and O–H groups in total. The first-order valence-electron chi connectivity index (χ1n) is 8.14. The predicted octanol–water partition coefficient (Wildman–Crippen LogP) is 0.625. The van der Waals surface area contributed by atoms with Crippen LogP contribution in [0.5, 0.6) is 0 Å². The molecule has 1 fully saturated rings. The Balaban J connectivity index is 2.02. The minimum atomic E-state index is -3.59. The molecule has 1 aromatic carbocycles. The zero-order valence-electron chi connectivity index (χ0n) is 14.3. The van der Waals surface area contributed by atoms with Gasteiger partial charge in [-0.15, -0.1) is 0 Å². The van der Waals surface area contributed by atoms with Crippen molar-refractivity contribution in [3.63, 3.8) is 0 Å². The molecule has 0 saturated carbocycles. The van der Waals surface area contributed by atoms with E-state index >= 15 is 0 Å². The molecule has 3 rings (SSSR count). The molecule has 0 radical (unpaired) electrons. The summed E-state index contributed by atoms with van der Waals surface area (Å²) >= 11 is 0. The van der Waals surface area contributed by atoms with E-state index in [0.717, 1.165) is 12.8 Å². The molecule has 7 nitrogen and oxygen atoms in total. The number of aryl methyl sites for hydroxylation is 2. The van der Waals surface area contributed by atoms with Gasteiger partial charge in [-0.25, -0.2) is 13.2 Å². The van der Waals surface area contributed by atoms with Gasteiger partial charge in [0.2, 0.25) is 10.0 Å². The van der Waals surface area contributed by atoms with E-state index in [2.05, 4.69) is 0 Å². The maximum Gasteiger partial charge on any atom is 0.328 e. The molecule has 1 saturated heterocycles. The molecule has 1 aromatic heterocycles. The SMILES string of the molecule is CC(N)C1CCCN(S(=O)(=O)c2ccc3c(c2)n(C)c(=O)n3C)C1. The maximum absolute atomic E-state index is 13.0. The van der Waals surface area contributed by atoms with Gasteiger partial charge < -0.3 is 5.73 Å². The fourth-order valence-corrected chi connectivity index (χ4v) is 4.97. The maximum atomic E-state index is 13.0. The zero-order valence-corrected chi connectivity index (χ0v) is 15.1. The molecule has 1 aliphatic rings. The summed E-state index contributed by atoms with van der Waals surface area (Å²) in [7, 11) is -0.263. The van der Waals surface area contributed by atoms with E-state index in [0.29, 0.717) is 24.1 Å². The Morgan fingerprint density at radius 1 is 1.21 bits per heavy atom. The highest BCUT2D eigenvalue weighted by Crippen LogP contribution is 2.26. The summed E-state index contributed by atoms with van der Waals surface area (Å²) < 4.78 is 30.5. The van der Waals surface area contributed by atoms with Gasteiger partial charge in [-0.3, -0.25) is 9.13 Å². The van der Waals surface area contributed by atoms with Gasteiger partial charge in [-0.1, -0.05) is 0 Å². The molecule has 24 heavy (non-hydrogen) atoms. The minimum absolute atomic E-state index is 0.0274. The number of sulfonamides is 1. The van der Waals surface area contributed by atoms with E-state index in [4.69, 9.17) is 5.73 Å². The molecule has 8 heteroatoms. The third-order valence-corrected chi connectivity index (χ3v) is 6.91. The molecule has 132 valence electrons. The monoisotopic (exact) mass is 352 g/mol. The van der Waals surface area contributed by atoms with Crippen LogP contribution in [0.1, 0.15) is 19.8 Å². The average molecular weight is 352 g/mol. The van der Waals surface area contributed by atoms with Crippen LogP contribution in [0.4, 0.5) is 0 Å². The van der Waals surface area contributed by atoms with E-state index < -0.39 is 10.0 Å². The quantitative estimate of drug-likeness (QED) is 0.877. The molecule has 2 heterocycles. The summed E-state index contributed by atoms with van der Waals surface area (Å²) in [5.74, 6) is 0.179. The van der Waals surface area contributed by atoms with Crippen LogP contribution >= 0.6 is 0 Å². The molecule has 2 unspecified atom stereocenters. The minimum Gasteiger partial charge on any atom is -0.328 e. The summed E-state index contributed by atoms with van der Waals surface area (Å²) in [6.07, 6.45) is 1.77. The van der Waals surface area contributed by atoms with Crippen molar-refractivity contribution in [2.45, 2.75) is 30.7 Å². The Hall–Kier alpha value is -1.64. The largest absolute Gasteiger partial charge is 0.328 e. The lowest BCUT2D eigenvalue weighted by atomic mass is 9.93. The third kappa shape index (κ3) is 2.68. The number of piperidine rings is 1. The Bertz CT molecular complexity index is 927. The number of nitrogens with two attached hydrogens (primary N) is 1. The second-order valence-electron chi connectivity index (χ2n) is 6.68. The van der Waals surface area contributed by atoms with Crippen molar-refractivity contribution < 1.29 is 8.42 Å². The van der Waals surface area contributed by atoms with Crippen LogP contribution in [0.25, 0.3) is 11.0 Å². The summed E-state index contributed by atoms with van der Waals surface area (Å²) in [5, 5.41) is 0. The van der Waals surface area contributed by atoms with E-state index in [9.17, 15) is 13.2 Å². The van der Waals surface area contributed by atoms with Crippen LogP contribution in [0, 0.1) is 5.92 Å². The smallest absolute Gasteiger partial charge is 0.328 e. The summed E-state index contributed by atoms with van der Waals surface area (Å²) in [4.78, 5) is 12.2. The van der Waals surface area contributed by atoms with Gasteiger partial charge in [0.15, 0.2) is 0 Å². The van der Waals surface area contributed by atoms with Gasteiger partial charge >= 0.3 is 5.69 Å². The van der Waals surface area contributed by atoms with Gasteiger partial charge in [0, 0.05) is 33.2 Å². The average Bonchev–Trinajstić information content (AvgIpc) is 2.79. The van der Waals surface area contributed by atoms with Gasteiger partial charge in [-0.2, -0.15) is 4.31 Å². The van der Waals surface area contributed by atoms with Gasteiger partial charge in [0.1, 0.15) is 0 Å².